The molecule has 0 aliphatic heterocycles. The van der Waals surface area contributed by atoms with E-state index in [0.717, 1.165) is 18.1 Å². The van der Waals surface area contributed by atoms with Crippen LogP contribution in [0.1, 0.15) is 34.0 Å². The van der Waals surface area contributed by atoms with Crippen LogP contribution in [0.2, 0.25) is 0 Å². The fourth-order valence-electron chi connectivity index (χ4n) is 3.88. The van der Waals surface area contributed by atoms with E-state index < -0.39 is 29.7 Å². The Bertz CT molecular complexity index is 1290. The van der Waals surface area contributed by atoms with Gasteiger partial charge in [-0.2, -0.15) is 0 Å². The largest absolute Gasteiger partial charge is 0.456 e. The Morgan fingerprint density at radius 2 is 1.86 bits per heavy atom. The van der Waals surface area contributed by atoms with Crippen molar-refractivity contribution in [3.8, 4) is 0 Å². The molecule has 4 rings (SSSR count). The van der Waals surface area contributed by atoms with Crippen molar-refractivity contribution < 1.29 is 18.3 Å². The Kier molecular flexibility index (Phi) is 7.79. The van der Waals surface area contributed by atoms with Gasteiger partial charge in [0.1, 0.15) is 24.1 Å². The summed E-state index contributed by atoms with van der Waals surface area (Å²) in [7, 11) is 0. The van der Waals surface area contributed by atoms with Crippen molar-refractivity contribution in [2.75, 3.05) is 6.54 Å². The van der Waals surface area contributed by atoms with Crippen LogP contribution in [0.5, 0.6) is 0 Å². The Labute approximate surface area is 201 Å². The third-order valence-electron chi connectivity index (χ3n) is 5.73. The molecule has 35 heavy (non-hydrogen) atoms. The summed E-state index contributed by atoms with van der Waals surface area (Å²) in [6.07, 6.45) is 3.37. The van der Waals surface area contributed by atoms with Gasteiger partial charge in [0.15, 0.2) is 5.65 Å². The minimum absolute atomic E-state index is 0.129. The van der Waals surface area contributed by atoms with Crippen LogP contribution >= 0.6 is 0 Å². The number of aryl methyl sites for hydroxylation is 1. The number of carbonyl (C=O) groups excluding carboxylic acids is 1. The lowest BCUT2D eigenvalue weighted by Gasteiger charge is -2.25. The minimum atomic E-state index is -0.750. The topological polar surface area (TPSA) is 94.5 Å². The third-order valence-corrected chi connectivity index (χ3v) is 5.73. The van der Waals surface area contributed by atoms with Crippen LogP contribution < -0.4 is 11.1 Å². The summed E-state index contributed by atoms with van der Waals surface area (Å²) >= 11 is 0. The number of hydrogen-bond donors (Lipinski definition) is 2. The number of rotatable bonds is 10. The SMILES string of the molecule is CCc1cccc(CNC[C@@H](OC(=O)c2ccc3nncn3c2)[C@@H](N)Cc2cc(F)cc(F)c2)c1. The van der Waals surface area contributed by atoms with E-state index in [2.05, 4.69) is 34.6 Å². The van der Waals surface area contributed by atoms with Crippen LogP contribution in [0.15, 0.2) is 67.1 Å². The quantitative estimate of drug-likeness (QED) is 0.339. The molecule has 0 fully saturated rings. The summed E-state index contributed by atoms with van der Waals surface area (Å²) in [4.78, 5) is 12.9. The molecule has 2 aromatic carbocycles. The minimum Gasteiger partial charge on any atom is -0.456 e. The number of aromatic nitrogens is 3. The molecule has 2 heterocycles. The molecule has 0 aliphatic carbocycles. The summed E-state index contributed by atoms with van der Waals surface area (Å²) in [6, 6.07) is 14.0. The van der Waals surface area contributed by atoms with E-state index in [0.29, 0.717) is 23.3 Å². The highest BCUT2D eigenvalue weighted by atomic mass is 19.1. The zero-order valence-electron chi connectivity index (χ0n) is 19.3. The Morgan fingerprint density at radius 3 is 2.63 bits per heavy atom. The first kappa shape index (κ1) is 24.4. The van der Waals surface area contributed by atoms with Crippen LogP contribution in [-0.4, -0.2) is 39.3 Å². The summed E-state index contributed by atoms with van der Waals surface area (Å²) < 4.78 is 34.7. The highest BCUT2D eigenvalue weighted by Gasteiger charge is 2.24. The Hall–Kier alpha value is -3.69. The van der Waals surface area contributed by atoms with Crippen molar-refractivity contribution in [3.63, 3.8) is 0 Å². The number of halogens is 2. The van der Waals surface area contributed by atoms with E-state index in [1.807, 2.05) is 12.1 Å². The number of pyridine rings is 1. The Balaban J connectivity index is 1.48. The van der Waals surface area contributed by atoms with E-state index in [4.69, 9.17) is 10.5 Å². The van der Waals surface area contributed by atoms with Gasteiger partial charge < -0.3 is 15.8 Å². The number of ether oxygens (including phenoxy) is 1. The zero-order valence-corrected chi connectivity index (χ0v) is 19.3. The van der Waals surface area contributed by atoms with Gasteiger partial charge in [0, 0.05) is 31.4 Å². The standard InChI is InChI=1S/C26H27F2N5O2/c1-2-17-4-3-5-18(8-17)13-30-14-24(23(29)11-19-9-21(27)12-22(28)10-19)35-26(34)20-6-7-25-32-31-16-33(25)15-20/h3-10,12,15-16,23-24,30H,2,11,13-14,29H2,1H3/t23-,24+/m0/s1. The number of fused-ring (bicyclic) bond motifs is 1. The van der Waals surface area contributed by atoms with Gasteiger partial charge in [0.05, 0.1) is 5.56 Å². The van der Waals surface area contributed by atoms with Crippen molar-refractivity contribution >= 4 is 11.6 Å². The molecule has 182 valence electrons. The first-order valence-corrected chi connectivity index (χ1v) is 11.4. The summed E-state index contributed by atoms with van der Waals surface area (Å²) in [6.45, 7) is 2.90. The molecular formula is C26H27F2N5O2. The van der Waals surface area contributed by atoms with E-state index >= 15 is 0 Å². The maximum atomic E-state index is 13.7. The average molecular weight is 480 g/mol. The Morgan fingerprint density at radius 1 is 1.09 bits per heavy atom. The van der Waals surface area contributed by atoms with Crippen LogP contribution in [0, 0.1) is 11.6 Å². The summed E-state index contributed by atoms with van der Waals surface area (Å²) in [5.41, 5.74) is 9.99. The second kappa shape index (κ2) is 11.2. The van der Waals surface area contributed by atoms with Gasteiger partial charge in [-0.05, 0) is 53.8 Å². The first-order chi connectivity index (χ1) is 16.9. The smallest absolute Gasteiger partial charge is 0.340 e. The van der Waals surface area contributed by atoms with Crippen LogP contribution in [-0.2, 0) is 24.1 Å². The molecule has 0 spiro atoms. The molecule has 2 aromatic heterocycles. The number of carbonyl (C=O) groups is 1. The van der Waals surface area contributed by atoms with E-state index in [1.165, 1.54) is 24.0 Å². The second-order valence-electron chi connectivity index (χ2n) is 8.41. The van der Waals surface area contributed by atoms with E-state index in [1.54, 1.807) is 22.7 Å². The molecule has 4 aromatic rings. The predicted molar refractivity (Wildman–Crippen MR) is 128 cm³/mol. The van der Waals surface area contributed by atoms with Crippen LogP contribution in [0.3, 0.4) is 0 Å². The molecule has 0 saturated carbocycles. The number of nitrogens with two attached hydrogens (primary N) is 1. The number of hydrogen-bond acceptors (Lipinski definition) is 6. The van der Waals surface area contributed by atoms with E-state index in [9.17, 15) is 13.6 Å². The molecular weight excluding hydrogens is 452 g/mol. The normalized spacial score (nSPS) is 13.0. The molecule has 0 unspecified atom stereocenters. The first-order valence-electron chi connectivity index (χ1n) is 11.4. The number of nitrogens with zero attached hydrogens (tertiary/aromatic N) is 3. The van der Waals surface area contributed by atoms with Crippen LogP contribution in [0.25, 0.3) is 5.65 Å². The van der Waals surface area contributed by atoms with Crippen molar-refractivity contribution in [2.45, 2.75) is 38.5 Å². The van der Waals surface area contributed by atoms with Gasteiger partial charge >= 0.3 is 5.97 Å². The monoisotopic (exact) mass is 479 g/mol. The summed E-state index contributed by atoms with van der Waals surface area (Å²) in [5.74, 6) is -1.94. The zero-order chi connectivity index (χ0) is 24.8. The number of nitrogens with one attached hydrogen (secondary N) is 1. The van der Waals surface area contributed by atoms with Gasteiger partial charge in [-0.15, -0.1) is 10.2 Å². The van der Waals surface area contributed by atoms with Crippen molar-refractivity contribution in [1.29, 1.82) is 0 Å². The highest BCUT2D eigenvalue weighted by Crippen LogP contribution is 2.14. The predicted octanol–water partition coefficient (Wildman–Crippen LogP) is 3.46. The molecule has 0 saturated heterocycles. The lowest BCUT2D eigenvalue weighted by Crippen LogP contribution is -2.46. The fraction of sp³-hybridized carbons (Fsp3) is 0.269. The molecule has 9 heteroatoms. The number of esters is 1. The van der Waals surface area contributed by atoms with Gasteiger partial charge in [0.2, 0.25) is 0 Å². The van der Waals surface area contributed by atoms with Crippen molar-refractivity contribution in [1.82, 2.24) is 19.9 Å². The highest BCUT2D eigenvalue weighted by molar-refractivity contribution is 5.89. The maximum Gasteiger partial charge on any atom is 0.340 e. The van der Waals surface area contributed by atoms with E-state index in [-0.39, 0.29) is 13.0 Å². The molecule has 0 bridgehead atoms. The molecule has 3 N–H and O–H groups in total. The molecule has 0 amide bonds. The molecule has 0 radical (unpaired) electrons. The third kappa shape index (κ3) is 6.46. The maximum absolute atomic E-state index is 13.7. The molecule has 0 aliphatic rings. The number of benzene rings is 2. The van der Waals surface area contributed by atoms with Gasteiger partial charge in [-0.3, -0.25) is 4.40 Å². The summed E-state index contributed by atoms with van der Waals surface area (Å²) in [5, 5.41) is 11.0. The van der Waals surface area contributed by atoms with Gasteiger partial charge in [0.25, 0.3) is 0 Å². The van der Waals surface area contributed by atoms with Crippen molar-refractivity contribution in [3.05, 3.63) is 101 Å². The van der Waals surface area contributed by atoms with Gasteiger partial charge in [-0.1, -0.05) is 31.2 Å². The second-order valence-corrected chi connectivity index (χ2v) is 8.41. The average Bonchev–Trinajstić information content (AvgIpc) is 3.31. The van der Waals surface area contributed by atoms with Gasteiger partial charge in [-0.25, -0.2) is 13.6 Å². The fourth-order valence-corrected chi connectivity index (χ4v) is 3.88. The van der Waals surface area contributed by atoms with Crippen LogP contribution in [0.4, 0.5) is 8.78 Å². The molecule has 2 atom stereocenters. The van der Waals surface area contributed by atoms with Crippen molar-refractivity contribution in [2.24, 2.45) is 5.73 Å². The lowest BCUT2D eigenvalue weighted by atomic mass is 10.0. The lowest BCUT2D eigenvalue weighted by molar-refractivity contribution is 0.0237. The molecule has 7 nitrogen and oxygen atoms in total.